The number of ether oxygens (including phenoxy) is 1. The number of carbonyl (C=O) groups is 2. The number of carbonyl (C=O) groups excluding carboxylic acids is 2. The number of anilines is 2. The first kappa shape index (κ1) is 21.0. The molecule has 0 aliphatic carbocycles. The Bertz CT molecular complexity index is 1010. The molecule has 2 aliphatic rings. The maximum absolute atomic E-state index is 14.8. The highest BCUT2D eigenvalue weighted by Gasteiger charge is 2.35. The number of aliphatic hydroxyl groups excluding tert-OH is 1. The van der Waals surface area contributed by atoms with E-state index in [1.54, 1.807) is 4.90 Å². The van der Waals surface area contributed by atoms with Crippen molar-refractivity contribution in [3.63, 3.8) is 0 Å². The third-order valence-electron chi connectivity index (χ3n) is 5.68. The minimum Gasteiger partial charge on any atom is -0.447 e. The lowest BCUT2D eigenvalue weighted by Crippen LogP contribution is -2.49. The van der Waals surface area contributed by atoms with Crippen LogP contribution in [-0.4, -0.2) is 72.4 Å². The van der Waals surface area contributed by atoms with Crippen molar-refractivity contribution >= 4 is 23.5 Å². The lowest BCUT2D eigenvalue weighted by Gasteiger charge is -2.36. The number of hydrogen-bond donors (Lipinski definition) is 1. The van der Waals surface area contributed by atoms with E-state index in [2.05, 4.69) is 16.0 Å². The summed E-state index contributed by atoms with van der Waals surface area (Å²) in [5.74, 6) is -0.0494. The van der Waals surface area contributed by atoms with Crippen LogP contribution in [-0.2, 0) is 4.74 Å². The minimum atomic E-state index is -0.715. The quantitative estimate of drug-likeness (QED) is 0.803. The molecule has 1 N–H and O–H groups in total. The zero-order valence-electron chi connectivity index (χ0n) is 17.5. The topological polar surface area (TPSA) is 86.2 Å². The van der Waals surface area contributed by atoms with Crippen LogP contribution in [0.5, 0.6) is 0 Å². The number of nitrogens with zero attached hydrogens (tertiary/aromatic N) is 4. The van der Waals surface area contributed by atoms with Gasteiger partial charge >= 0.3 is 6.09 Å². The Morgan fingerprint density at radius 2 is 1.97 bits per heavy atom. The van der Waals surface area contributed by atoms with Gasteiger partial charge in [-0.3, -0.25) is 9.69 Å². The summed E-state index contributed by atoms with van der Waals surface area (Å²) in [7, 11) is 0. The lowest BCUT2D eigenvalue weighted by atomic mass is 10.1. The van der Waals surface area contributed by atoms with Crippen molar-refractivity contribution in [2.75, 3.05) is 49.2 Å². The van der Waals surface area contributed by atoms with Gasteiger partial charge in [0.25, 0.3) is 5.91 Å². The summed E-state index contributed by atoms with van der Waals surface area (Å²) < 4.78 is 19.6. The van der Waals surface area contributed by atoms with Gasteiger partial charge in [0, 0.05) is 37.9 Å². The number of cyclic esters (lactones) is 1. The van der Waals surface area contributed by atoms with E-state index in [-0.39, 0.29) is 30.4 Å². The summed E-state index contributed by atoms with van der Waals surface area (Å²) in [5.41, 5.74) is 2.41. The Kier molecular flexibility index (Phi) is 5.77. The van der Waals surface area contributed by atoms with E-state index >= 15 is 0 Å². The second-order valence-corrected chi connectivity index (χ2v) is 7.88. The molecule has 31 heavy (non-hydrogen) atoms. The van der Waals surface area contributed by atoms with Crippen LogP contribution in [0, 0.1) is 19.7 Å². The number of benzene rings is 1. The molecule has 4 rings (SSSR count). The first-order valence-corrected chi connectivity index (χ1v) is 10.2. The number of aromatic nitrogens is 1. The molecule has 2 aromatic rings. The van der Waals surface area contributed by atoms with E-state index < -0.39 is 18.0 Å². The number of aryl methyl sites for hydroxylation is 2. The van der Waals surface area contributed by atoms with Crippen LogP contribution in [0.3, 0.4) is 0 Å². The predicted octanol–water partition coefficient (Wildman–Crippen LogP) is 2.12. The van der Waals surface area contributed by atoms with Gasteiger partial charge in [-0.15, -0.1) is 0 Å². The smallest absolute Gasteiger partial charge is 0.414 e. The number of aliphatic hydroxyl groups is 1. The molecule has 8 nitrogen and oxygen atoms in total. The first-order valence-electron chi connectivity index (χ1n) is 10.2. The molecular formula is C22H25FN4O4. The second-order valence-electron chi connectivity index (χ2n) is 7.88. The van der Waals surface area contributed by atoms with Gasteiger partial charge in [-0.25, -0.2) is 14.2 Å². The maximum atomic E-state index is 14.8. The summed E-state index contributed by atoms with van der Waals surface area (Å²) >= 11 is 0. The first-order chi connectivity index (χ1) is 14.9. The molecule has 2 saturated heterocycles. The average molecular weight is 428 g/mol. The Balaban J connectivity index is 1.44. The number of amides is 2. The monoisotopic (exact) mass is 428 g/mol. The molecule has 9 heteroatoms. The Morgan fingerprint density at radius 1 is 1.23 bits per heavy atom. The molecule has 0 bridgehead atoms. The van der Waals surface area contributed by atoms with Gasteiger partial charge in [0.1, 0.15) is 18.2 Å². The fourth-order valence-electron chi connectivity index (χ4n) is 4.07. The van der Waals surface area contributed by atoms with Gasteiger partial charge in [-0.1, -0.05) is 6.07 Å². The number of hydrogen-bond acceptors (Lipinski definition) is 6. The van der Waals surface area contributed by atoms with Gasteiger partial charge < -0.3 is 19.6 Å². The zero-order chi connectivity index (χ0) is 22.1. The van der Waals surface area contributed by atoms with Crippen LogP contribution in [0.25, 0.3) is 0 Å². The van der Waals surface area contributed by atoms with E-state index in [1.807, 2.05) is 20.0 Å². The number of halogens is 1. The van der Waals surface area contributed by atoms with Crippen LogP contribution in [0.2, 0.25) is 0 Å². The summed E-state index contributed by atoms with van der Waals surface area (Å²) in [6, 6.07) is 5.46. The highest BCUT2D eigenvalue weighted by Crippen LogP contribution is 2.27. The SMILES string of the molecule is Cc1cnc(N2CCN(C(=O)c3ccc(N4C(=O)OCC4CO)c(F)c3)CC2)c(C)c1. The molecule has 164 valence electrons. The van der Waals surface area contributed by atoms with Crippen molar-refractivity contribution in [2.45, 2.75) is 19.9 Å². The van der Waals surface area contributed by atoms with Crippen LogP contribution in [0.15, 0.2) is 30.5 Å². The lowest BCUT2D eigenvalue weighted by molar-refractivity contribution is 0.0746. The van der Waals surface area contributed by atoms with Crippen molar-refractivity contribution in [2.24, 2.45) is 0 Å². The second kappa shape index (κ2) is 8.50. The standard InChI is InChI=1S/C22H25FN4O4/c1-14-9-15(2)20(24-11-14)25-5-7-26(8-6-25)21(29)16-3-4-19(18(23)10-16)27-17(12-28)13-31-22(27)30/h3-4,9-11,17,28H,5-8,12-13H2,1-2H3. The van der Waals surface area contributed by atoms with E-state index in [4.69, 9.17) is 4.74 Å². The molecule has 1 atom stereocenters. The molecule has 2 aliphatic heterocycles. The summed E-state index contributed by atoms with van der Waals surface area (Å²) in [5, 5.41) is 9.39. The fourth-order valence-corrected chi connectivity index (χ4v) is 4.07. The van der Waals surface area contributed by atoms with Gasteiger partial charge in [-0.2, -0.15) is 0 Å². The number of pyridine rings is 1. The van der Waals surface area contributed by atoms with Crippen molar-refractivity contribution in [3.8, 4) is 0 Å². The van der Waals surface area contributed by atoms with Crippen molar-refractivity contribution in [1.82, 2.24) is 9.88 Å². The molecule has 2 fully saturated rings. The molecule has 0 saturated carbocycles. The van der Waals surface area contributed by atoms with Gasteiger partial charge in [0.2, 0.25) is 0 Å². The number of piperazine rings is 1. The zero-order valence-corrected chi connectivity index (χ0v) is 17.5. The van der Waals surface area contributed by atoms with Gasteiger partial charge in [-0.05, 0) is 43.2 Å². The third-order valence-corrected chi connectivity index (χ3v) is 5.68. The van der Waals surface area contributed by atoms with Crippen molar-refractivity contribution in [3.05, 3.63) is 53.0 Å². The van der Waals surface area contributed by atoms with E-state index in [0.717, 1.165) is 27.9 Å². The van der Waals surface area contributed by atoms with Crippen LogP contribution >= 0.6 is 0 Å². The summed E-state index contributed by atoms with van der Waals surface area (Å²) in [4.78, 5) is 34.2. The summed E-state index contributed by atoms with van der Waals surface area (Å²) in [6.07, 6.45) is 1.12. The summed E-state index contributed by atoms with van der Waals surface area (Å²) in [6.45, 7) is 5.96. The number of rotatable bonds is 4. The molecule has 0 radical (unpaired) electrons. The van der Waals surface area contributed by atoms with E-state index in [9.17, 15) is 19.1 Å². The Morgan fingerprint density at radius 3 is 2.61 bits per heavy atom. The molecule has 2 amide bonds. The Labute approximate surface area is 179 Å². The van der Waals surface area contributed by atoms with Crippen LogP contribution in [0.4, 0.5) is 20.7 Å². The largest absolute Gasteiger partial charge is 0.447 e. The minimum absolute atomic E-state index is 0.00491. The van der Waals surface area contributed by atoms with Crippen LogP contribution < -0.4 is 9.80 Å². The highest BCUT2D eigenvalue weighted by atomic mass is 19.1. The predicted molar refractivity (Wildman–Crippen MR) is 113 cm³/mol. The fraction of sp³-hybridized carbons (Fsp3) is 0.409. The van der Waals surface area contributed by atoms with E-state index in [1.165, 1.54) is 12.1 Å². The molecule has 0 spiro atoms. The normalized spacial score (nSPS) is 19.0. The maximum Gasteiger partial charge on any atom is 0.414 e. The van der Waals surface area contributed by atoms with Gasteiger partial charge in [0.15, 0.2) is 0 Å². The Hall–Kier alpha value is -3.20. The molecule has 1 aromatic heterocycles. The molecular weight excluding hydrogens is 403 g/mol. The average Bonchev–Trinajstić information content (AvgIpc) is 3.13. The molecule has 3 heterocycles. The third kappa shape index (κ3) is 4.05. The highest BCUT2D eigenvalue weighted by molar-refractivity contribution is 5.96. The van der Waals surface area contributed by atoms with Crippen molar-refractivity contribution in [1.29, 1.82) is 0 Å². The van der Waals surface area contributed by atoms with Gasteiger partial charge in [0.05, 0.1) is 18.3 Å². The molecule has 1 aromatic carbocycles. The van der Waals surface area contributed by atoms with Crippen LogP contribution in [0.1, 0.15) is 21.5 Å². The van der Waals surface area contributed by atoms with Crippen molar-refractivity contribution < 1.29 is 23.8 Å². The van der Waals surface area contributed by atoms with E-state index in [0.29, 0.717) is 26.2 Å². The molecule has 1 unspecified atom stereocenters.